The number of benzene rings is 1. The number of esters is 1. The molecular weight excluding hydrogens is 256 g/mol. The average Bonchev–Trinajstić information content (AvgIpc) is 2.54. The lowest BCUT2D eigenvalue weighted by atomic mass is 10.1. The maximum Gasteiger partial charge on any atom is 0.337 e. The number of nitrogens with zero attached hydrogens (tertiary/aromatic N) is 1. The van der Waals surface area contributed by atoms with Gasteiger partial charge in [-0.15, -0.1) is 0 Å². The molecule has 3 rings (SSSR count). The summed E-state index contributed by atoms with van der Waals surface area (Å²) in [4.78, 5) is 15.9. The second-order valence-electron chi connectivity index (χ2n) is 4.39. The second-order valence-corrected chi connectivity index (χ2v) is 4.39. The van der Waals surface area contributed by atoms with Crippen LogP contribution < -0.4 is 10.1 Å². The van der Waals surface area contributed by atoms with Crippen LogP contribution in [0.4, 0.5) is 5.69 Å². The molecule has 20 heavy (non-hydrogen) atoms. The molecule has 2 heterocycles. The van der Waals surface area contributed by atoms with E-state index in [9.17, 15) is 4.79 Å². The largest absolute Gasteiger partial charge is 0.474 e. The first-order valence-electron chi connectivity index (χ1n) is 6.34. The lowest BCUT2D eigenvalue weighted by Crippen LogP contribution is -2.18. The van der Waals surface area contributed by atoms with Crippen molar-refractivity contribution < 1.29 is 14.3 Å². The van der Waals surface area contributed by atoms with Crippen molar-refractivity contribution in [1.82, 2.24) is 4.98 Å². The molecule has 1 aromatic heterocycles. The highest BCUT2D eigenvalue weighted by Gasteiger charge is 2.12. The molecule has 0 atom stereocenters. The lowest BCUT2D eigenvalue weighted by molar-refractivity contribution is 0.0601. The lowest BCUT2D eigenvalue weighted by Gasteiger charge is -2.18. The van der Waals surface area contributed by atoms with Crippen LogP contribution in [0.15, 0.2) is 36.4 Å². The van der Waals surface area contributed by atoms with Crippen molar-refractivity contribution in [2.24, 2.45) is 0 Å². The third-order valence-corrected chi connectivity index (χ3v) is 3.12. The van der Waals surface area contributed by atoms with Gasteiger partial charge in [0.2, 0.25) is 5.88 Å². The molecule has 0 amide bonds. The number of fused-ring (bicyclic) bond motifs is 1. The molecule has 2 aromatic rings. The van der Waals surface area contributed by atoms with Crippen LogP contribution in [-0.4, -0.2) is 31.2 Å². The molecule has 1 aliphatic rings. The van der Waals surface area contributed by atoms with Crippen LogP contribution in [0.1, 0.15) is 10.4 Å². The summed E-state index contributed by atoms with van der Waals surface area (Å²) in [6.07, 6.45) is 0. The van der Waals surface area contributed by atoms with Gasteiger partial charge in [0.05, 0.1) is 24.1 Å². The topological polar surface area (TPSA) is 60.5 Å². The van der Waals surface area contributed by atoms with Gasteiger partial charge in [-0.2, -0.15) is 0 Å². The molecule has 0 fully saturated rings. The van der Waals surface area contributed by atoms with E-state index in [-0.39, 0.29) is 5.97 Å². The van der Waals surface area contributed by atoms with Crippen LogP contribution in [0, 0.1) is 0 Å². The van der Waals surface area contributed by atoms with E-state index >= 15 is 0 Å². The predicted octanol–water partition coefficient (Wildman–Crippen LogP) is 2.34. The minimum Gasteiger partial charge on any atom is -0.474 e. The van der Waals surface area contributed by atoms with Gasteiger partial charge in [-0.05, 0) is 24.3 Å². The molecule has 102 valence electrons. The fourth-order valence-electron chi connectivity index (χ4n) is 2.07. The fraction of sp³-hybridized carbons (Fsp3) is 0.200. The highest BCUT2D eigenvalue weighted by Crippen LogP contribution is 2.28. The summed E-state index contributed by atoms with van der Waals surface area (Å²) < 4.78 is 10.2. The van der Waals surface area contributed by atoms with E-state index < -0.39 is 0 Å². The Morgan fingerprint density at radius 3 is 2.80 bits per heavy atom. The molecular formula is C15H14N2O3. The number of hydrogen-bond donors (Lipinski definition) is 1. The Kier molecular flexibility index (Phi) is 3.25. The number of carbonyl (C=O) groups is 1. The highest BCUT2D eigenvalue weighted by molar-refractivity contribution is 5.89. The first kappa shape index (κ1) is 12.5. The maximum atomic E-state index is 11.4. The number of pyridine rings is 1. The summed E-state index contributed by atoms with van der Waals surface area (Å²) in [5.41, 5.74) is 3.16. The van der Waals surface area contributed by atoms with Gasteiger partial charge in [0.1, 0.15) is 6.61 Å². The normalized spacial score (nSPS) is 12.8. The minimum atomic E-state index is -0.345. The molecule has 1 aliphatic heterocycles. The van der Waals surface area contributed by atoms with Gasteiger partial charge in [-0.25, -0.2) is 9.78 Å². The number of hydrogen-bond acceptors (Lipinski definition) is 5. The van der Waals surface area contributed by atoms with Crippen LogP contribution in [0.3, 0.4) is 0 Å². The van der Waals surface area contributed by atoms with Gasteiger partial charge in [0.25, 0.3) is 0 Å². The summed E-state index contributed by atoms with van der Waals surface area (Å²) in [5.74, 6) is 0.272. The van der Waals surface area contributed by atoms with Crippen molar-refractivity contribution in [1.29, 1.82) is 0 Å². The standard InChI is InChI=1S/C15H14N2O3/c1-19-15(18)11-4-2-10(3-5-11)12-6-7-13-14(17-12)20-9-8-16-13/h2-7,16H,8-9H2,1H3. The smallest absolute Gasteiger partial charge is 0.337 e. The number of nitrogens with one attached hydrogen (secondary N) is 1. The Morgan fingerprint density at radius 2 is 2.05 bits per heavy atom. The number of rotatable bonds is 2. The molecule has 1 N–H and O–H groups in total. The summed E-state index contributed by atoms with van der Waals surface area (Å²) in [5, 5.41) is 3.22. The molecule has 0 bridgehead atoms. The van der Waals surface area contributed by atoms with Crippen LogP contribution in [0.5, 0.6) is 5.88 Å². The van der Waals surface area contributed by atoms with Crippen LogP contribution in [-0.2, 0) is 4.74 Å². The van der Waals surface area contributed by atoms with Crippen molar-refractivity contribution >= 4 is 11.7 Å². The summed E-state index contributed by atoms with van der Waals surface area (Å²) in [7, 11) is 1.37. The zero-order chi connectivity index (χ0) is 13.9. The zero-order valence-corrected chi connectivity index (χ0v) is 11.1. The predicted molar refractivity (Wildman–Crippen MR) is 75.0 cm³/mol. The quantitative estimate of drug-likeness (QED) is 0.849. The van der Waals surface area contributed by atoms with E-state index in [0.29, 0.717) is 18.1 Å². The van der Waals surface area contributed by atoms with Crippen molar-refractivity contribution in [3.63, 3.8) is 0 Å². The SMILES string of the molecule is COC(=O)c1ccc(-c2ccc3c(n2)OCCN3)cc1. The number of ether oxygens (including phenoxy) is 2. The van der Waals surface area contributed by atoms with E-state index in [1.54, 1.807) is 12.1 Å². The van der Waals surface area contributed by atoms with E-state index in [2.05, 4.69) is 15.0 Å². The molecule has 0 radical (unpaired) electrons. The molecule has 5 nitrogen and oxygen atoms in total. The van der Waals surface area contributed by atoms with Crippen molar-refractivity contribution in [2.75, 3.05) is 25.6 Å². The molecule has 0 unspecified atom stereocenters. The Labute approximate surface area is 116 Å². The molecule has 1 aromatic carbocycles. The number of carbonyl (C=O) groups excluding carboxylic acids is 1. The van der Waals surface area contributed by atoms with Crippen LogP contribution >= 0.6 is 0 Å². The summed E-state index contributed by atoms with van der Waals surface area (Å²) in [6, 6.07) is 11.0. The Morgan fingerprint density at radius 1 is 1.25 bits per heavy atom. The summed E-state index contributed by atoms with van der Waals surface area (Å²) in [6.45, 7) is 1.41. The molecule has 0 saturated carbocycles. The van der Waals surface area contributed by atoms with Crippen LogP contribution in [0.25, 0.3) is 11.3 Å². The van der Waals surface area contributed by atoms with Gasteiger partial charge in [-0.1, -0.05) is 12.1 Å². The van der Waals surface area contributed by atoms with Gasteiger partial charge in [0.15, 0.2) is 0 Å². The second kappa shape index (κ2) is 5.21. The number of aromatic nitrogens is 1. The van der Waals surface area contributed by atoms with Crippen molar-refractivity contribution in [2.45, 2.75) is 0 Å². The maximum absolute atomic E-state index is 11.4. The highest BCUT2D eigenvalue weighted by atomic mass is 16.5. The van der Waals surface area contributed by atoms with E-state index in [1.165, 1.54) is 7.11 Å². The van der Waals surface area contributed by atoms with Crippen molar-refractivity contribution in [3.05, 3.63) is 42.0 Å². The Hall–Kier alpha value is -2.56. The molecule has 0 saturated heterocycles. The van der Waals surface area contributed by atoms with Gasteiger partial charge < -0.3 is 14.8 Å². The van der Waals surface area contributed by atoms with Crippen LogP contribution in [0.2, 0.25) is 0 Å². The van der Waals surface area contributed by atoms with E-state index in [0.717, 1.165) is 23.5 Å². The summed E-state index contributed by atoms with van der Waals surface area (Å²) >= 11 is 0. The number of methoxy groups -OCH3 is 1. The van der Waals surface area contributed by atoms with Gasteiger partial charge in [-0.3, -0.25) is 0 Å². The minimum absolute atomic E-state index is 0.345. The van der Waals surface area contributed by atoms with Crippen molar-refractivity contribution in [3.8, 4) is 17.1 Å². The monoisotopic (exact) mass is 270 g/mol. The van der Waals surface area contributed by atoms with Gasteiger partial charge in [0, 0.05) is 12.1 Å². The Bertz CT molecular complexity index is 638. The molecule has 5 heteroatoms. The van der Waals surface area contributed by atoms with E-state index in [4.69, 9.17) is 4.74 Å². The molecule has 0 spiro atoms. The first-order valence-corrected chi connectivity index (χ1v) is 6.34. The Balaban J connectivity index is 1.91. The van der Waals surface area contributed by atoms with E-state index in [1.807, 2.05) is 24.3 Å². The van der Waals surface area contributed by atoms with Gasteiger partial charge >= 0.3 is 5.97 Å². The third kappa shape index (κ3) is 2.30. The average molecular weight is 270 g/mol. The molecule has 0 aliphatic carbocycles. The number of anilines is 1. The fourth-order valence-corrected chi connectivity index (χ4v) is 2.07. The first-order chi connectivity index (χ1) is 9.78. The third-order valence-electron chi connectivity index (χ3n) is 3.12. The zero-order valence-electron chi connectivity index (χ0n) is 11.1.